The molecule has 2 aromatic rings. The molecule has 112 valence electrons. The summed E-state index contributed by atoms with van der Waals surface area (Å²) in [5.74, 6) is 0.694. The first kappa shape index (κ1) is 15.7. The van der Waals surface area contributed by atoms with E-state index in [-0.39, 0.29) is 16.4 Å². The Morgan fingerprint density at radius 2 is 2.00 bits per heavy atom. The molecule has 7 heteroatoms. The molecule has 0 amide bonds. The summed E-state index contributed by atoms with van der Waals surface area (Å²) in [5, 5.41) is 0. The Morgan fingerprint density at radius 3 is 2.57 bits per heavy atom. The zero-order valence-electron chi connectivity index (χ0n) is 11.7. The van der Waals surface area contributed by atoms with Crippen LogP contribution in [0.25, 0.3) is 0 Å². The predicted molar refractivity (Wildman–Crippen MR) is 84.4 cm³/mol. The molecule has 0 unspecified atom stereocenters. The monoisotopic (exact) mass is 324 g/mol. The molecule has 1 aromatic heterocycles. The van der Waals surface area contributed by atoms with E-state index in [1.165, 1.54) is 23.7 Å². The highest BCUT2D eigenvalue weighted by molar-refractivity contribution is 7.89. The van der Waals surface area contributed by atoms with Crippen LogP contribution >= 0.6 is 12.2 Å². The summed E-state index contributed by atoms with van der Waals surface area (Å²) in [4.78, 5) is 0.170. The average molecular weight is 324 g/mol. The Kier molecular flexibility index (Phi) is 4.46. The van der Waals surface area contributed by atoms with Gasteiger partial charge in [-0.1, -0.05) is 30.4 Å². The Morgan fingerprint density at radius 1 is 1.33 bits per heavy atom. The fourth-order valence-corrected chi connectivity index (χ4v) is 3.56. The van der Waals surface area contributed by atoms with Gasteiger partial charge in [-0.05, 0) is 19.1 Å². The van der Waals surface area contributed by atoms with Crippen molar-refractivity contribution in [2.24, 2.45) is 5.73 Å². The summed E-state index contributed by atoms with van der Waals surface area (Å²) in [6, 6.07) is 8.20. The number of rotatable bonds is 5. The van der Waals surface area contributed by atoms with Gasteiger partial charge in [0, 0.05) is 24.7 Å². The van der Waals surface area contributed by atoms with Crippen LogP contribution in [-0.4, -0.2) is 24.8 Å². The number of hydrogen-bond donors (Lipinski definition) is 1. The lowest BCUT2D eigenvalue weighted by molar-refractivity contribution is 0.459. The molecule has 0 aliphatic carbocycles. The van der Waals surface area contributed by atoms with Gasteiger partial charge < -0.3 is 10.2 Å². The number of aryl methyl sites for hydroxylation is 1. The van der Waals surface area contributed by atoms with Gasteiger partial charge in [0.2, 0.25) is 10.0 Å². The van der Waals surface area contributed by atoms with Gasteiger partial charge in [-0.2, -0.15) is 4.31 Å². The Hall–Kier alpha value is -1.70. The third-order valence-electron chi connectivity index (χ3n) is 3.20. The smallest absolute Gasteiger partial charge is 0.243 e. The number of furan rings is 1. The van der Waals surface area contributed by atoms with E-state index in [0.717, 1.165) is 5.56 Å². The molecule has 1 heterocycles. The lowest BCUT2D eigenvalue weighted by Crippen LogP contribution is -2.28. The summed E-state index contributed by atoms with van der Waals surface area (Å²) >= 11 is 4.92. The molecule has 0 radical (unpaired) electrons. The van der Waals surface area contributed by atoms with Crippen molar-refractivity contribution in [3.8, 4) is 0 Å². The second kappa shape index (κ2) is 5.97. The van der Waals surface area contributed by atoms with E-state index in [0.29, 0.717) is 11.3 Å². The fourth-order valence-electron chi connectivity index (χ4n) is 1.96. The van der Waals surface area contributed by atoms with Crippen molar-refractivity contribution in [3.63, 3.8) is 0 Å². The van der Waals surface area contributed by atoms with Crippen LogP contribution in [0, 0.1) is 6.92 Å². The van der Waals surface area contributed by atoms with Crippen LogP contribution < -0.4 is 5.73 Å². The Labute approximate surface area is 129 Å². The second-order valence-electron chi connectivity index (χ2n) is 4.62. The summed E-state index contributed by atoms with van der Waals surface area (Å²) in [5.41, 5.74) is 6.77. The summed E-state index contributed by atoms with van der Waals surface area (Å²) in [7, 11) is -2.17. The first-order valence-corrected chi connectivity index (χ1v) is 8.07. The molecule has 0 spiro atoms. The summed E-state index contributed by atoms with van der Waals surface area (Å²) in [6.45, 7) is 2.01. The molecule has 0 fully saturated rings. The molecule has 0 saturated carbocycles. The zero-order chi connectivity index (χ0) is 15.6. The van der Waals surface area contributed by atoms with Gasteiger partial charge in [-0.15, -0.1) is 0 Å². The van der Waals surface area contributed by atoms with Crippen LogP contribution in [0.3, 0.4) is 0 Å². The number of nitrogens with zero attached hydrogens (tertiary/aromatic N) is 1. The Balaban J connectivity index is 2.38. The molecular formula is C14H16N2O3S2. The highest BCUT2D eigenvalue weighted by Crippen LogP contribution is 2.22. The standard InChI is InChI=1S/C14H16N2O3S2/c1-10-11(7-8-19-10)9-16(2)21(17,18)13-6-4-3-5-12(13)14(15)20/h3-8H,9H2,1-2H3,(H2,15,20). The van der Waals surface area contributed by atoms with Crippen molar-refractivity contribution in [2.45, 2.75) is 18.4 Å². The normalized spacial score (nSPS) is 11.8. The van der Waals surface area contributed by atoms with Crippen molar-refractivity contribution < 1.29 is 12.8 Å². The van der Waals surface area contributed by atoms with Gasteiger partial charge >= 0.3 is 0 Å². The van der Waals surface area contributed by atoms with Crippen molar-refractivity contribution in [1.29, 1.82) is 0 Å². The maximum Gasteiger partial charge on any atom is 0.243 e. The fraction of sp³-hybridized carbons (Fsp3) is 0.214. The van der Waals surface area contributed by atoms with Crippen LogP contribution in [0.4, 0.5) is 0 Å². The molecule has 0 aliphatic rings. The van der Waals surface area contributed by atoms with Crippen molar-refractivity contribution in [2.75, 3.05) is 7.05 Å². The SMILES string of the molecule is Cc1occc1CN(C)S(=O)(=O)c1ccccc1C(N)=S. The molecule has 1 aromatic carbocycles. The van der Waals surface area contributed by atoms with Crippen LogP contribution in [0.1, 0.15) is 16.9 Å². The molecular weight excluding hydrogens is 308 g/mol. The third-order valence-corrected chi connectivity index (χ3v) is 5.28. The largest absolute Gasteiger partial charge is 0.469 e. The van der Waals surface area contributed by atoms with Gasteiger partial charge in [0.1, 0.15) is 10.7 Å². The molecule has 0 atom stereocenters. The third kappa shape index (κ3) is 3.15. The summed E-state index contributed by atoms with van der Waals surface area (Å²) < 4.78 is 31.8. The minimum Gasteiger partial charge on any atom is -0.469 e. The van der Waals surface area contributed by atoms with E-state index in [4.69, 9.17) is 22.4 Å². The molecule has 2 rings (SSSR count). The molecule has 0 aliphatic heterocycles. The van der Waals surface area contributed by atoms with Gasteiger partial charge in [0.05, 0.1) is 11.2 Å². The quantitative estimate of drug-likeness (QED) is 0.852. The van der Waals surface area contributed by atoms with Gasteiger partial charge in [0.25, 0.3) is 0 Å². The Bertz CT molecular complexity index is 766. The maximum absolute atomic E-state index is 12.7. The van der Waals surface area contributed by atoms with E-state index < -0.39 is 10.0 Å². The van der Waals surface area contributed by atoms with Crippen LogP contribution in [0.2, 0.25) is 0 Å². The second-order valence-corrected chi connectivity index (χ2v) is 7.08. The van der Waals surface area contributed by atoms with Crippen molar-refractivity contribution >= 4 is 27.2 Å². The topological polar surface area (TPSA) is 76.5 Å². The van der Waals surface area contributed by atoms with Gasteiger partial charge in [-0.25, -0.2) is 8.42 Å². The lowest BCUT2D eigenvalue weighted by Gasteiger charge is -2.18. The van der Waals surface area contributed by atoms with E-state index in [1.54, 1.807) is 31.2 Å². The molecule has 21 heavy (non-hydrogen) atoms. The van der Waals surface area contributed by atoms with E-state index in [2.05, 4.69) is 0 Å². The first-order chi connectivity index (χ1) is 9.84. The zero-order valence-corrected chi connectivity index (χ0v) is 13.4. The van der Waals surface area contributed by atoms with Crippen molar-refractivity contribution in [1.82, 2.24) is 4.31 Å². The maximum atomic E-state index is 12.7. The molecule has 0 bridgehead atoms. The average Bonchev–Trinajstić information content (AvgIpc) is 2.84. The van der Waals surface area contributed by atoms with Gasteiger partial charge in [0.15, 0.2) is 0 Å². The van der Waals surface area contributed by atoms with Crippen LogP contribution in [0.15, 0.2) is 45.9 Å². The number of thiocarbonyl (C=S) groups is 1. The van der Waals surface area contributed by atoms with E-state index in [9.17, 15) is 8.42 Å². The molecule has 0 saturated heterocycles. The molecule has 2 N–H and O–H groups in total. The minimum absolute atomic E-state index is 0.0575. The van der Waals surface area contributed by atoms with Crippen molar-refractivity contribution in [3.05, 3.63) is 53.5 Å². The predicted octanol–water partition coefficient (Wildman–Crippen LogP) is 2.04. The minimum atomic E-state index is -3.68. The first-order valence-electron chi connectivity index (χ1n) is 6.22. The van der Waals surface area contributed by atoms with E-state index in [1.807, 2.05) is 0 Å². The highest BCUT2D eigenvalue weighted by Gasteiger charge is 2.25. The van der Waals surface area contributed by atoms with Crippen LogP contribution in [0.5, 0.6) is 0 Å². The molecule has 5 nitrogen and oxygen atoms in total. The number of hydrogen-bond acceptors (Lipinski definition) is 4. The van der Waals surface area contributed by atoms with Gasteiger partial charge in [-0.3, -0.25) is 0 Å². The summed E-state index contributed by atoms with van der Waals surface area (Å²) in [6.07, 6.45) is 1.54. The highest BCUT2D eigenvalue weighted by atomic mass is 32.2. The number of benzene rings is 1. The number of nitrogens with two attached hydrogens (primary N) is 1. The van der Waals surface area contributed by atoms with E-state index >= 15 is 0 Å². The lowest BCUT2D eigenvalue weighted by atomic mass is 10.2. The van der Waals surface area contributed by atoms with Crippen LogP contribution in [-0.2, 0) is 16.6 Å². The number of sulfonamides is 1.